The lowest BCUT2D eigenvalue weighted by Crippen LogP contribution is -2.62. The third-order valence-corrected chi connectivity index (χ3v) is 18.3. The molecule has 4 heteroatoms. The molecule has 348 valence electrons. The lowest BCUT2D eigenvalue weighted by Gasteiger charge is -2.48. The van der Waals surface area contributed by atoms with E-state index in [1.165, 1.54) is 126 Å². The van der Waals surface area contributed by atoms with Crippen molar-refractivity contribution in [1.29, 1.82) is 0 Å². The van der Waals surface area contributed by atoms with E-state index in [0.717, 1.165) is 23.0 Å². The third kappa shape index (κ3) is 6.16. The maximum atomic E-state index is 6.68. The number of nitrogens with zero attached hydrogens (tertiary/aromatic N) is 2. The highest BCUT2D eigenvalue weighted by atomic mass is 16.3. The fourth-order valence-electron chi connectivity index (χ4n) is 14.3. The highest BCUT2D eigenvalue weighted by Crippen LogP contribution is 2.55. The van der Waals surface area contributed by atoms with Crippen molar-refractivity contribution in [1.82, 2.24) is 0 Å². The minimum Gasteiger partial charge on any atom is -0.456 e. The molecule has 3 heterocycles. The maximum absolute atomic E-state index is 6.68. The maximum Gasteiger partial charge on any atom is 0.252 e. The molecule has 2 aliphatic heterocycles. The van der Waals surface area contributed by atoms with Crippen LogP contribution in [0.5, 0.6) is 0 Å². The van der Waals surface area contributed by atoms with Crippen molar-refractivity contribution >= 4 is 79.2 Å². The van der Waals surface area contributed by atoms with Crippen molar-refractivity contribution in [3.05, 3.63) is 136 Å². The van der Waals surface area contributed by atoms with Gasteiger partial charge in [0.25, 0.3) is 6.71 Å². The molecule has 0 atom stereocenters. The standard InChI is InChI=1S/C64H73BN2O/c1-37-27-53-57-54(28-37)67(40-18-21-43-44(31-40)60(7,8)24-23-59(43,5)6)51-34-47-45(61(9,10)25-26-62(47,11)12)32-49(51)65(57)50-33-46-48(64(15,16)36-63(46,13)14)35-52(50)66(53)39-19-22-55-42(30-39)41-20-17-38(58(2,3)4)29-56(41)68-55/h17-22,27-35H,23-26,36H2,1-16H3. The number of hydrogen-bond acceptors (Lipinski definition) is 3. The number of anilines is 6. The minimum atomic E-state index is 0.0306. The zero-order valence-corrected chi connectivity index (χ0v) is 44.1. The largest absolute Gasteiger partial charge is 0.456 e. The number of rotatable bonds is 2. The molecule has 7 aromatic rings. The molecule has 1 aromatic heterocycles. The van der Waals surface area contributed by atoms with E-state index in [-0.39, 0.29) is 44.6 Å². The normalized spacial score (nSPS) is 20.7. The van der Waals surface area contributed by atoms with Gasteiger partial charge in [-0.15, -0.1) is 0 Å². The highest BCUT2D eigenvalue weighted by molar-refractivity contribution is 7.00. The second-order valence-electron chi connectivity index (χ2n) is 27.2. The Balaban J connectivity index is 1.19. The monoisotopic (exact) mass is 897 g/mol. The molecule has 3 aliphatic carbocycles. The molecule has 0 saturated carbocycles. The summed E-state index contributed by atoms with van der Waals surface area (Å²) in [4.78, 5) is 5.35. The number of fused-ring (bicyclic) bond motifs is 10. The van der Waals surface area contributed by atoms with Crippen molar-refractivity contribution in [2.45, 2.75) is 181 Å². The SMILES string of the molecule is Cc1cc2c3c(c1)N(c1ccc4oc5cc(C(C)(C)C)ccc5c4c1)c1cc4c(cc1B3c1cc3c(cc1N2c1ccc2c(c1)C(C)(C)CCC2(C)C)C(C)(C)CCC3(C)C)C(C)(C)CC4(C)C. The molecule has 68 heavy (non-hydrogen) atoms. The zero-order valence-electron chi connectivity index (χ0n) is 44.1. The molecule has 0 unspecified atom stereocenters. The van der Waals surface area contributed by atoms with Crippen molar-refractivity contribution in [3.63, 3.8) is 0 Å². The Kier molecular flexibility index (Phi) is 8.77. The Morgan fingerprint density at radius 1 is 0.441 bits per heavy atom. The predicted octanol–water partition coefficient (Wildman–Crippen LogP) is 15.9. The van der Waals surface area contributed by atoms with Crippen LogP contribution < -0.4 is 26.2 Å². The van der Waals surface area contributed by atoms with Gasteiger partial charge in [0.2, 0.25) is 0 Å². The van der Waals surface area contributed by atoms with Gasteiger partial charge in [0.15, 0.2) is 0 Å². The summed E-state index contributed by atoms with van der Waals surface area (Å²) in [6.07, 6.45) is 5.87. The average molecular weight is 897 g/mol. The molecule has 0 amide bonds. The first-order valence-electron chi connectivity index (χ1n) is 25.9. The minimum absolute atomic E-state index is 0.0306. The summed E-state index contributed by atoms with van der Waals surface area (Å²) in [5.41, 5.74) is 25.9. The van der Waals surface area contributed by atoms with Crippen molar-refractivity contribution in [2.24, 2.45) is 0 Å². The number of aryl methyl sites for hydroxylation is 1. The summed E-state index contributed by atoms with van der Waals surface area (Å²) in [6.45, 7) is 38.9. The van der Waals surface area contributed by atoms with Crippen molar-refractivity contribution < 1.29 is 4.42 Å². The number of hydrogen-bond donors (Lipinski definition) is 0. The van der Waals surface area contributed by atoms with E-state index in [2.05, 4.69) is 212 Å². The molecule has 0 bridgehead atoms. The van der Waals surface area contributed by atoms with Crippen LogP contribution in [0.3, 0.4) is 0 Å². The Bertz CT molecular complexity index is 3340. The van der Waals surface area contributed by atoms with Gasteiger partial charge in [-0.2, -0.15) is 0 Å². The second-order valence-corrected chi connectivity index (χ2v) is 27.2. The molecule has 3 nitrogen and oxygen atoms in total. The van der Waals surface area contributed by atoms with Crippen LogP contribution in [0.15, 0.2) is 95.4 Å². The molecule has 0 N–H and O–H groups in total. The quantitative estimate of drug-likeness (QED) is 0.161. The van der Waals surface area contributed by atoms with Crippen LogP contribution in [-0.4, -0.2) is 6.71 Å². The Labute approximate surface area is 407 Å². The van der Waals surface area contributed by atoms with E-state index >= 15 is 0 Å². The van der Waals surface area contributed by atoms with Gasteiger partial charge in [0.05, 0.1) is 0 Å². The molecule has 5 aliphatic rings. The fraction of sp³-hybridized carbons (Fsp3) is 0.438. The first-order valence-corrected chi connectivity index (χ1v) is 25.9. The molecule has 0 saturated heterocycles. The van der Waals surface area contributed by atoms with Crippen molar-refractivity contribution in [2.75, 3.05) is 9.80 Å². The third-order valence-electron chi connectivity index (χ3n) is 18.3. The zero-order chi connectivity index (χ0) is 48.2. The lowest BCUT2D eigenvalue weighted by molar-refractivity contribution is 0.332. The Morgan fingerprint density at radius 3 is 1.47 bits per heavy atom. The second kappa shape index (κ2) is 13.6. The fourth-order valence-corrected chi connectivity index (χ4v) is 14.3. The van der Waals surface area contributed by atoms with Crippen LogP contribution in [0.2, 0.25) is 0 Å². The number of furan rings is 1. The van der Waals surface area contributed by atoms with Gasteiger partial charge in [-0.05, 0) is 198 Å². The van der Waals surface area contributed by atoms with Gasteiger partial charge >= 0.3 is 0 Å². The average Bonchev–Trinajstić information content (AvgIpc) is 3.71. The molecular formula is C64H73BN2O. The van der Waals surface area contributed by atoms with Crippen LogP contribution in [0, 0.1) is 6.92 Å². The van der Waals surface area contributed by atoms with E-state index in [9.17, 15) is 0 Å². The highest BCUT2D eigenvalue weighted by Gasteiger charge is 2.50. The molecule has 0 fully saturated rings. The van der Waals surface area contributed by atoms with Crippen LogP contribution in [0.1, 0.15) is 180 Å². The van der Waals surface area contributed by atoms with Crippen LogP contribution >= 0.6 is 0 Å². The summed E-state index contributed by atoms with van der Waals surface area (Å²) in [7, 11) is 0. The molecular weight excluding hydrogens is 824 g/mol. The summed E-state index contributed by atoms with van der Waals surface area (Å²) in [5.74, 6) is 0. The van der Waals surface area contributed by atoms with Gasteiger partial charge in [0, 0.05) is 44.9 Å². The Hall–Kier alpha value is -5.22. The predicted molar refractivity (Wildman–Crippen MR) is 292 cm³/mol. The summed E-state index contributed by atoms with van der Waals surface area (Å²) < 4.78 is 6.68. The lowest BCUT2D eigenvalue weighted by atomic mass is 9.33. The first-order chi connectivity index (χ1) is 31.7. The molecule has 6 aromatic carbocycles. The summed E-state index contributed by atoms with van der Waals surface area (Å²) in [6, 6.07) is 37.1. The number of benzene rings is 6. The van der Waals surface area contributed by atoms with E-state index in [1.54, 1.807) is 0 Å². The summed E-state index contributed by atoms with van der Waals surface area (Å²) >= 11 is 0. The van der Waals surface area contributed by atoms with Gasteiger partial charge in [-0.3, -0.25) is 0 Å². The van der Waals surface area contributed by atoms with E-state index in [1.807, 2.05) is 0 Å². The van der Waals surface area contributed by atoms with E-state index in [4.69, 9.17) is 4.42 Å². The van der Waals surface area contributed by atoms with Crippen LogP contribution in [0.4, 0.5) is 34.1 Å². The Morgan fingerprint density at radius 2 is 0.912 bits per heavy atom. The van der Waals surface area contributed by atoms with Crippen LogP contribution in [0.25, 0.3) is 21.9 Å². The first kappa shape index (κ1) is 44.0. The van der Waals surface area contributed by atoms with E-state index in [0.29, 0.717) is 0 Å². The van der Waals surface area contributed by atoms with Gasteiger partial charge in [0.1, 0.15) is 11.2 Å². The molecule has 0 radical (unpaired) electrons. The molecule has 12 rings (SSSR count). The van der Waals surface area contributed by atoms with E-state index < -0.39 is 0 Å². The van der Waals surface area contributed by atoms with Crippen LogP contribution in [-0.2, 0) is 37.9 Å². The topological polar surface area (TPSA) is 19.6 Å². The smallest absolute Gasteiger partial charge is 0.252 e. The van der Waals surface area contributed by atoms with Crippen molar-refractivity contribution in [3.8, 4) is 0 Å². The van der Waals surface area contributed by atoms with Gasteiger partial charge in [-0.25, -0.2) is 0 Å². The van der Waals surface area contributed by atoms with Gasteiger partial charge in [-0.1, -0.05) is 134 Å². The van der Waals surface area contributed by atoms with Gasteiger partial charge < -0.3 is 14.2 Å². The molecule has 0 spiro atoms. The summed E-state index contributed by atoms with van der Waals surface area (Å²) in [5, 5.41) is 2.33.